The van der Waals surface area contributed by atoms with Crippen LogP contribution in [0.1, 0.15) is 64.0 Å². The van der Waals surface area contributed by atoms with E-state index in [-0.39, 0.29) is 24.0 Å². The van der Waals surface area contributed by atoms with Gasteiger partial charge in [0, 0.05) is 31.6 Å². The first-order valence-electron chi connectivity index (χ1n) is 14.7. The summed E-state index contributed by atoms with van der Waals surface area (Å²) >= 11 is 0. The third-order valence-electron chi connectivity index (χ3n) is 8.19. The predicted octanol–water partition coefficient (Wildman–Crippen LogP) is 4.55. The Morgan fingerprint density at radius 2 is 1.69 bits per heavy atom. The molecule has 2 heterocycles. The quantitative estimate of drug-likeness (QED) is 0.310. The maximum Gasteiger partial charge on any atom is 0.253 e. The number of nitrogens with one attached hydrogen (secondary N) is 1. The summed E-state index contributed by atoms with van der Waals surface area (Å²) in [5, 5.41) is 2.91. The van der Waals surface area contributed by atoms with Crippen molar-refractivity contribution in [1.82, 2.24) is 14.5 Å². The van der Waals surface area contributed by atoms with E-state index in [1.54, 1.807) is 38.0 Å². The molecule has 2 amide bonds. The van der Waals surface area contributed by atoms with Crippen molar-refractivity contribution >= 4 is 23.4 Å². The lowest BCUT2D eigenvalue weighted by Gasteiger charge is -2.34. The molecule has 1 saturated heterocycles. The first-order chi connectivity index (χ1) is 20.0. The molecule has 0 aliphatic carbocycles. The summed E-state index contributed by atoms with van der Waals surface area (Å²) in [6.45, 7) is 6.61. The van der Waals surface area contributed by atoms with E-state index in [1.165, 1.54) is 5.56 Å². The maximum atomic E-state index is 13.9. The summed E-state index contributed by atoms with van der Waals surface area (Å²) in [5.74, 6) is -0.0363. The number of imidazole rings is 1. The van der Waals surface area contributed by atoms with Crippen molar-refractivity contribution in [2.45, 2.75) is 70.4 Å². The van der Waals surface area contributed by atoms with Crippen LogP contribution in [0.25, 0.3) is 0 Å². The van der Waals surface area contributed by atoms with Crippen molar-refractivity contribution in [3.8, 4) is 5.75 Å². The highest BCUT2D eigenvalue weighted by atomic mass is 16.5. The summed E-state index contributed by atoms with van der Waals surface area (Å²) < 4.78 is 7.08. The van der Waals surface area contributed by atoms with Crippen LogP contribution in [0.15, 0.2) is 67.1 Å². The zero-order valence-corrected chi connectivity index (χ0v) is 25.1. The Morgan fingerprint density at radius 3 is 2.31 bits per heavy atom. The van der Waals surface area contributed by atoms with Gasteiger partial charge in [-0.05, 0) is 76.1 Å². The summed E-state index contributed by atoms with van der Waals surface area (Å²) in [7, 11) is 1.60. The first-order valence-corrected chi connectivity index (χ1v) is 14.7. The standard InChI is InChI=1S/C33H43N5O4/c1-32(2,34)28(39)21-25(14-10-13-24-11-6-5-7-12-24)30(40)36-29-22-38(23-35-29)33(3,31(41)37-19-8-9-20-37)26-15-17-27(42-4)18-16-26/h5-7,11-12,15-18,22-23,25H,8-10,13-14,19-21,34H2,1-4H3,(H,36,40)/t25-,33+/m0/s1. The molecule has 1 fully saturated rings. The predicted molar refractivity (Wildman–Crippen MR) is 163 cm³/mol. The number of Topliss-reactive ketones (excluding diaryl/α,β-unsaturated/α-hetero) is 1. The number of aromatic nitrogens is 2. The van der Waals surface area contributed by atoms with Gasteiger partial charge in [0.15, 0.2) is 11.6 Å². The number of nitrogens with zero attached hydrogens (tertiary/aromatic N) is 3. The Balaban J connectivity index is 1.55. The summed E-state index contributed by atoms with van der Waals surface area (Å²) in [6, 6.07) is 17.5. The van der Waals surface area contributed by atoms with Gasteiger partial charge in [0.05, 0.1) is 19.0 Å². The highest BCUT2D eigenvalue weighted by Gasteiger charge is 2.41. The minimum Gasteiger partial charge on any atom is -0.497 e. The van der Waals surface area contributed by atoms with Gasteiger partial charge in [-0.25, -0.2) is 4.98 Å². The Kier molecular flexibility index (Phi) is 9.83. The van der Waals surface area contributed by atoms with Crippen LogP contribution in [-0.4, -0.2) is 57.8 Å². The van der Waals surface area contributed by atoms with Gasteiger partial charge in [-0.15, -0.1) is 0 Å². The average molecular weight is 574 g/mol. The molecule has 1 aromatic heterocycles. The van der Waals surface area contributed by atoms with Gasteiger partial charge in [0.2, 0.25) is 5.91 Å². The highest BCUT2D eigenvalue weighted by Crippen LogP contribution is 2.32. The fraction of sp³-hybridized carbons (Fsp3) is 0.455. The van der Waals surface area contributed by atoms with Crippen molar-refractivity contribution in [3.05, 3.63) is 78.2 Å². The minimum atomic E-state index is -1.08. The van der Waals surface area contributed by atoms with Gasteiger partial charge >= 0.3 is 0 Å². The number of nitrogens with two attached hydrogens (primary N) is 1. The third-order valence-corrected chi connectivity index (χ3v) is 8.19. The lowest BCUT2D eigenvalue weighted by atomic mass is 9.88. The van der Waals surface area contributed by atoms with E-state index in [1.807, 2.05) is 54.3 Å². The zero-order valence-electron chi connectivity index (χ0n) is 25.1. The van der Waals surface area contributed by atoms with Crippen LogP contribution < -0.4 is 15.8 Å². The SMILES string of the molecule is COc1ccc([C@](C)(C(=O)N2CCCC2)n2cnc(NC(=O)[C@@H](CCCc3ccccc3)CC(=O)C(C)(C)N)c2)cc1. The van der Waals surface area contributed by atoms with Crippen LogP contribution in [0.4, 0.5) is 5.82 Å². The van der Waals surface area contributed by atoms with Crippen LogP contribution in [-0.2, 0) is 26.3 Å². The number of benzene rings is 2. The number of ketones is 1. The van der Waals surface area contributed by atoms with Crippen molar-refractivity contribution in [2.75, 3.05) is 25.5 Å². The molecule has 0 saturated carbocycles. The average Bonchev–Trinajstić information content (AvgIpc) is 3.69. The fourth-order valence-electron chi connectivity index (χ4n) is 5.40. The van der Waals surface area contributed by atoms with Gasteiger partial charge in [-0.2, -0.15) is 0 Å². The van der Waals surface area contributed by atoms with Crippen molar-refractivity contribution in [1.29, 1.82) is 0 Å². The topological polar surface area (TPSA) is 120 Å². The number of methoxy groups -OCH3 is 1. The fourth-order valence-corrected chi connectivity index (χ4v) is 5.40. The van der Waals surface area contributed by atoms with Crippen LogP contribution in [0.3, 0.4) is 0 Å². The van der Waals surface area contributed by atoms with Gasteiger partial charge < -0.3 is 25.3 Å². The van der Waals surface area contributed by atoms with E-state index in [9.17, 15) is 14.4 Å². The molecule has 3 aromatic rings. The number of rotatable bonds is 13. The number of anilines is 1. The Morgan fingerprint density at radius 1 is 1.02 bits per heavy atom. The van der Waals surface area contributed by atoms with E-state index in [0.717, 1.165) is 31.2 Å². The molecule has 0 bridgehead atoms. The monoisotopic (exact) mass is 573 g/mol. The first kappa shape index (κ1) is 31.0. The van der Waals surface area contributed by atoms with Crippen LogP contribution in [0.5, 0.6) is 5.75 Å². The number of hydrogen-bond donors (Lipinski definition) is 2. The van der Waals surface area contributed by atoms with Crippen molar-refractivity contribution in [2.24, 2.45) is 11.7 Å². The van der Waals surface area contributed by atoms with Crippen LogP contribution in [0, 0.1) is 5.92 Å². The number of likely N-dealkylation sites (tertiary alicyclic amines) is 1. The molecule has 2 aromatic carbocycles. The molecule has 0 unspecified atom stereocenters. The van der Waals surface area contributed by atoms with Gasteiger partial charge in [0.1, 0.15) is 11.3 Å². The number of carbonyl (C=O) groups is 3. The second kappa shape index (κ2) is 13.3. The minimum absolute atomic E-state index is 0.0324. The smallest absolute Gasteiger partial charge is 0.253 e. The molecular weight excluding hydrogens is 530 g/mol. The lowest BCUT2D eigenvalue weighted by Crippen LogP contribution is -2.48. The number of amides is 2. The van der Waals surface area contributed by atoms with E-state index in [4.69, 9.17) is 10.5 Å². The number of carbonyl (C=O) groups excluding carboxylic acids is 3. The molecule has 42 heavy (non-hydrogen) atoms. The molecule has 3 N–H and O–H groups in total. The molecule has 224 valence electrons. The van der Waals surface area contributed by atoms with E-state index in [0.29, 0.717) is 31.1 Å². The largest absolute Gasteiger partial charge is 0.497 e. The Hall–Kier alpha value is -3.98. The van der Waals surface area contributed by atoms with Crippen molar-refractivity contribution < 1.29 is 19.1 Å². The molecule has 4 rings (SSSR count). The third kappa shape index (κ3) is 7.26. The molecule has 0 radical (unpaired) electrons. The highest BCUT2D eigenvalue weighted by molar-refractivity contribution is 5.97. The normalized spacial score (nSPS) is 15.6. The second-order valence-corrected chi connectivity index (χ2v) is 11.9. The lowest BCUT2D eigenvalue weighted by molar-refractivity contribution is -0.137. The zero-order chi connectivity index (χ0) is 30.3. The van der Waals surface area contributed by atoms with Gasteiger partial charge in [-0.3, -0.25) is 14.4 Å². The summed E-state index contributed by atoms with van der Waals surface area (Å²) in [6.07, 6.45) is 7.33. The molecule has 1 aliphatic rings. The number of aryl methyl sites for hydroxylation is 1. The second-order valence-electron chi connectivity index (χ2n) is 11.9. The number of hydrogen-bond acceptors (Lipinski definition) is 6. The Labute approximate surface area is 248 Å². The molecule has 9 nitrogen and oxygen atoms in total. The molecule has 2 atom stereocenters. The number of ether oxygens (including phenoxy) is 1. The molecule has 0 spiro atoms. The molecular formula is C33H43N5O4. The van der Waals surface area contributed by atoms with Gasteiger partial charge in [0.25, 0.3) is 5.91 Å². The summed E-state index contributed by atoms with van der Waals surface area (Å²) in [4.78, 5) is 46.6. The van der Waals surface area contributed by atoms with E-state index in [2.05, 4.69) is 22.4 Å². The summed E-state index contributed by atoms with van der Waals surface area (Å²) in [5.41, 5.74) is 5.91. The van der Waals surface area contributed by atoms with Gasteiger partial charge in [-0.1, -0.05) is 42.5 Å². The van der Waals surface area contributed by atoms with Crippen LogP contribution >= 0.6 is 0 Å². The van der Waals surface area contributed by atoms with E-state index < -0.39 is 17.0 Å². The molecule has 9 heteroatoms. The van der Waals surface area contributed by atoms with E-state index >= 15 is 0 Å². The van der Waals surface area contributed by atoms with Crippen LogP contribution in [0.2, 0.25) is 0 Å². The van der Waals surface area contributed by atoms with Crippen molar-refractivity contribution in [3.63, 3.8) is 0 Å². The Bertz CT molecular complexity index is 1360. The maximum absolute atomic E-state index is 13.9. The molecule has 1 aliphatic heterocycles.